The van der Waals surface area contributed by atoms with Crippen molar-refractivity contribution in [2.75, 3.05) is 65.2 Å². The van der Waals surface area contributed by atoms with Crippen molar-refractivity contribution >= 4 is 21.6 Å². The minimum atomic E-state index is -3.62. The second kappa shape index (κ2) is 13.6. The minimum absolute atomic E-state index is 0.119. The molecule has 1 amide bonds. The van der Waals surface area contributed by atoms with Crippen LogP contribution < -0.4 is 10.0 Å². The number of carbonyl (C=O) groups is 1. The molecule has 154 valence electrons. The predicted molar refractivity (Wildman–Crippen MR) is 100 cm³/mol. The number of benzene rings is 1. The van der Waals surface area contributed by atoms with Crippen molar-refractivity contribution in [1.29, 1.82) is 0 Å². The molecule has 0 fully saturated rings. The molecule has 1 rings (SSSR count). The van der Waals surface area contributed by atoms with Crippen LogP contribution in [0.1, 0.15) is 6.92 Å². The van der Waals surface area contributed by atoms with Gasteiger partial charge < -0.3 is 24.3 Å². The van der Waals surface area contributed by atoms with Gasteiger partial charge in [-0.2, -0.15) is 0 Å². The molecule has 0 atom stereocenters. The maximum Gasteiger partial charge on any atom is 0.240 e. The van der Waals surface area contributed by atoms with Crippen LogP contribution in [0.2, 0.25) is 0 Å². The van der Waals surface area contributed by atoms with E-state index < -0.39 is 10.0 Å². The van der Waals surface area contributed by atoms with Crippen molar-refractivity contribution in [3.05, 3.63) is 24.3 Å². The van der Waals surface area contributed by atoms with Crippen molar-refractivity contribution in [1.82, 2.24) is 4.72 Å². The summed E-state index contributed by atoms with van der Waals surface area (Å²) in [7, 11) is -2.01. The second-order valence-corrected chi connectivity index (χ2v) is 7.20. The van der Waals surface area contributed by atoms with Gasteiger partial charge in [0.05, 0.1) is 51.1 Å². The lowest BCUT2D eigenvalue weighted by Crippen LogP contribution is -2.28. The average molecular weight is 404 g/mol. The first-order chi connectivity index (χ1) is 13.0. The lowest BCUT2D eigenvalue weighted by Gasteiger charge is -2.09. The molecular formula is C17H28N2O7S. The number of amides is 1. The largest absolute Gasteiger partial charge is 0.382 e. The number of rotatable bonds is 15. The van der Waals surface area contributed by atoms with E-state index in [4.69, 9.17) is 18.9 Å². The number of anilines is 1. The van der Waals surface area contributed by atoms with E-state index in [1.165, 1.54) is 31.2 Å². The molecule has 0 bridgehead atoms. The highest BCUT2D eigenvalue weighted by Gasteiger charge is 2.13. The highest BCUT2D eigenvalue weighted by Crippen LogP contribution is 2.13. The Balaban J connectivity index is 2.12. The summed E-state index contributed by atoms with van der Waals surface area (Å²) in [6, 6.07) is 5.92. The van der Waals surface area contributed by atoms with Crippen molar-refractivity contribution in [2.24, 2.45) is 0 Å². The van der Waals surface area contributed by atoms with Crippen LogP contribution in [0.25, 0.3) is 0 Å². The summed E-state index contributed by atoms with van der Waals surface area (Å²) in [6.07, 6.45) is 0. The molecule has 0 aromatic heterocycles. The molecule has 0 saturated carbocycles. The number of ether oxygens (including phenoxy) is 4. The molecule has 2 N–H and O–H groups in total. The van der Waals surface area contributed by atoms with Gasteiger partial charge in [-0.15, -0.1) is 0 Å². The number of carbonyl (C=O) groups excluding carboxylic acids is 1. The van der Waals surface area contributed by atoms with E-state index in [0.717, 1.165) is 0 Å². The number of nitrogens with one attached hydrogen (secondary N) is 2. The molecule has 0 unspecified atom stereocenters. The van der Waals surface area contributed by atoms with E-state index in [0.29, 0.717) is 45.3 Å². The minimum Gasteiger partial charge on any atom is -0.382 e. The van der Waals surface area contributed by atoms with Gasteiger partial charge in [0.15, 0.2) is 0 Å². The average Bonchev–Trinajstić information content (AvgIpc) is 2.62. The van der Waals surface area contributed by atoms with Crippen LogP contribution in [0.15, 0.2) is 29.2 Å². The third-order valence-corrected chi connectivity index (χ3v) is 4.68. The first-order valence-corrected chi connectivity index (χ1v) is 10.0. The third kappa shape index (κ3) is 11.0. The highest BCUT2D eigenvalue weighted by atomic mass is 32.2. The van der Waals surface area contributed by atoms with Gasteiger partial charge in [0.1, 0.15) is 0 Å². The van der Waals surface area contributed by atoms with Gasteiger partial charge in [-0.3, -0.25) is 4.79 Å². The topological polar surface area (TPSA) is 112 Å². The van der Waals surface area contributed by atoms with Gasteiger partial charge in [0.25, 0.3) is 0 Å². The Morgan fingerprint density at radius 3 is 1.93 bits per heavy atom. The molecule has 0 radical (unpaired) electrons. The molecular weight excluding hydrogens is 376 g/mol. The summed E-state index contributed by atoms with van der Waals surface area (Å²) >= 11 is 0. The Kier molecular flexibility index (Phi) is 11.8. The Morgan fingerprint density at radius 2 is 1.41 bits per heavy atom. The SMILES string of the molecule is COCCOCCOCCOCCNS(=O)(=O)c1ccc(NC(C)=O)cc1. The molecule has 27 heavy (non-hydrogen) atoms. The van der Waals surface area contributed by atoms with E-state index in [2.05, 4.69) is 10.0 Å². The summed E-state index contributed by atoms with van der Waals surface area (Å²) in [6.45, 7) is 4.58. The van der Waals surface area contributed by atoms with Crippen LogP contribution in [-0.2, 0) is 33.8 Å². The molecule has 10 heteroatoms. The van der Waals surface area contributed by atoms with Crippen molar-refractivity contribution in [2.45, 2.75) is 11.8 Å². The van der Waals surface area contributed by atoms with Crippen LogP contribution in [0.4, 0.5) is 5.69 Å². The quantitative estimate of drug-likeness (QED) is 0.412. The molecule has 1 aromatic carbocycles. The van der Waals surface area contributed by atoms with Crippen molar-refractivity contribution < 1.29 is 32.2 Å². The first kappa shape index (κ1) is 23.5. The second-order valence-electron chi connectivity index (χ2n) is 5.43. The lowest BCUT2D eigenvalue weighted by molar-refractivity contribution is -0.114. The summed E-state index contributed by atoms with van der Waals surface area (Å²) < 4.78 is 47.5. The Labute approximate surface area is 160 Å². The molecule has 1 aromatic rings. The molecule has 0 aliphatic carbocycles. The van der Waals surface area contributed by atoms with Gasteiger partial charge >= 0.3 is 0 Å². The molecule has 0 aliphatic heterocycles. The van der Waals surface area contributed by atoms with Crippen molar-refractivity contribution in [3.63, 3.8) is 0 Å². The Bertz CT molecular complexity index is 635. The van der Waals surface area contributed by atoms with E-state index in [-0.39, 0.29) is 24.0 Å². The van der Waals surface area contributed by atoms with Gasteiger partial charge in [-0.05, 0) is 24.3 Å². The molecule has 0 saturated heterocycles. The Morgan fingerprint density at radius 1 is 0.889 bits per heavy atom. The van der Waals surface area contributed by atoms with Gasteiger partial charge in [0, 0.05) is 26.3 Å². The maximum atomic E-state index is 12.1. The monoisotopic (exact) mass is 404 g/mol. The zero-order valence-electron chi connectivity index (χ0n) is 15.7. The lowest BCUT2D eigenvalue weighted by atomic mass is 10.3. The summed E-state index contributed by atoms with van der Waals surface area (Å²) in [5.74, 6) is -0.219. The first-order valence-electron chi connectivity index (χ1n) is 8.55. The van der Waals surface area contributed by atoms with Crippen LogP contribution in [0.3, 0.4) is 0 Å². The Hall–Kier alpha value is -1.56. The summed E-state index contributed by atoms with van der Waals surface area (Å²) in [5.41, 5.74) is 0.536. The van der Waals surface area contributed by atoms with Crippen LogP contribution in [-0.4, -0.2) is 74.2 Å². The zero-order valence-corrected chi connectivity index (χ0v) is 16.5. The fourth-order valence-electron chi connectivity index (χ4n) is 1.94. The summed E-state index contributed by atoms with van der Waals surface area (Å²) in [5, 5.41) is 2.58. The van der Waals surface area contributed by atoms with Gasteiger partial charge in [0.2, 0.25) is 15.9 Å². The smallest absolute Gasteiger partial charge is 0.240 e. The van der Waals surface area contributed by atoms with Gasteiger partial charge in [-0.1, -0.05) is 0 Å². The number of methoxy groups -OCH3 is 1. The van der Waals surface area contributed by atoms with Crippen LogP contribution in [0.5, 0.6) is 0 Å². The third-order valence-electron chi connectivity index (χ3n) is 3.20. The normalized spacial score (nSPS) is 11.5. The number of hydrogen-bond acceptors (Lipinski definition) is 7. The van der Waals surface area contributed by atoms with Crippen molar-refractivity contribution in [3.8, 4) is 0 Å². The standard InChI is InChI=1S/C17H28N2O7S/c1-15(20)19-16-3-5-17(6-4-16)27(21,22)18-7-8-24-11-12-26-14-13-25-10-9-23-2/h3-6,18H,7-14H2,1-2H3,(H,19,20). The van der Waals surface area contributed by atoms with E-state index in [1.807, 2.05) is 0 Å². The fraction of sp³-hybridized carbons (Fsp3) is 0.588. The molecule has 9 nitrogen and oxygen atoms in total. The zero-order chi connectivity index (χ0) is 20.0. The maximum absolute atomic E-state index is 12.1. The number of sulfonamides is 1. The molecule has 0 aliphatic rings. The van der Waals surface area contributed by atoms with E-state index in [1.54, 1.807) is 7.11 Å². The number of hydrogen-bond donors (Lipinski definition) is 2. The fourth-order valence-corrected chi connectivity index (χ4v) is 2.95. The van der Waals surface area contributed by atoms with E-state index in [9.17, 15) is 13.2 Å². The van der Waals surface area contributed by atoms with Gasteiger partial charge in [-0.25, -0.2) is 13.1 Å². The van der Waals surface area contributed by atoms with E-state index >= 15 is 0 Å². The summed E-state index contributed by atoms with van der Waals surface area (Å²) in [4.78, 5) is 11.1. The van der Waals surface area contributed by atoms with Crippen LogP contribution in [0, 0.1) is 0 Å². The highest BCUT2D eigenvalue weighted by molar-refractivity contribution is 7.89. The molecule has 0 spiro atoms. The predicted octanol–water partition coefficient (Wildman–Crippen LogP) is 0.620. The molecule has 0 heterocycles. The van der Waals surface area contributed by atoms with Crippen LogP contribution >= 0.6 is 0 Å².